The highest BCUT2D eigenvalue weighted by Gasteiger charge is 2.44. The van der Waals surface area contributed by atoms with E-state index in [-0.39, 0.29) is 48.6 Å². The number of aliphatic hydroxyl groups excluding tert-OH is 2. The summed E-state index contributed by atoms with van der Waals surface area (Å²) in [5.74, 6) is -2.32. The molecule has 0 radical (unpaired) electrons. The van der Waals surface area contributed by atoms with Crippen LogP contribution >= 0.6 is 0 Å². The Morgan fingerprint density at radius 2 is 1.48 bits per heavy atom. The Morgan fingerprint density at radius 1 is 0.841 bits per heavy atom. The average molecular weight is 883 g/mol. The summed E-state index contributed by atoms with van der Waals surface area (Å²) < 4.78 is 17.7. The molecule has 2 aromatic carbocycles. The molecule has 63 heavy (non-hydrogen) atoms. The second-order valence-electron chi connectivity index (χ2n) is 17.9. The van der Waals surface area contributed by atoms with E-state index in [0.29, 0.717) is 24.9 Å². The number of likely N-dealkylation sites (N-methyl/N-ethyl adjacent to an activating group) is 2. The molecule has 5 N–H and O–H groups in total. The van der Waals surface area contributed by atoms with Gasteiger partial charge in [0.15, 0.2) is 0 Å². The van der Waals surface area contributed by atoms with Gasteiger partial charge >= 0.3 is 6.09 Å². The zero-order chi connectivity index (χ0) is 47.1. The van der Waals surface area contributed by atoms with Crippen molar-refractivity contribution in [2.75, 3.05) is 47.2 Å². The first-order valence-corrected chi connectivity index (χ1v) is 22.6. The molecule has 354 valence electrons. The molecule has 1 aliphatic rings. The highest BCUT2D eigenvalue weighted by Crippen LogP contribution is 2.31. The lowest BCUT2D eigenvalue weighted by atomic mass is 9.89. The lowest BCUT2D eigenvalue weighted by molar-refractivity contribution is -0.146. The van der Waals surface area contributed by atoms with Crippen LogP contribution in [0.25, 0.3) is 0 Å². The highest BCUT2D eigenvalue weighted by molar-refractivity contribution is 5.91. The zero-order valence-electron chi connectivity index (χ0n) is 40.0. The molecule has 2 aromatic rings. The normalized spacial score (nSPS) is 19.2. The van der Waals surface area contributed by atoms with Gasteiger partial charge < -0.3 is 45.3 Å². The van der Waals surface area contributed by atoms with Crippen LogP contribution in [-0.2, 0) is 35.2 Å². The number of anilines is 1. The summed E-state index contributed by atoms with van der Waals surface area (Å²) in [5, 5.41) is 31.8. The smallest absolute Gasteiger partial charge is 0.410 e. The number of methoxy groups -OCH3 is 2. The molecule has 3 unspecified atom stereocenters. The second-order valence-corrected chi connectivity index (χ2v) is 17.9. The maximum Gasteiger partial charge on any atom is 0.410 e. The van der Waals surface area contributed by atoms with Crippen molar-refractivity contribution in [3.63, 3.8) is 0 Å². The van der Waals surface area contributed by atoms with Crippen molar-refractivity contribution in [2.45, 2.75) is 142 Å². The largest absolute Gasteiger partial charge is 0.445 e. The van der Waals surface area contributed by atoms with Crippen LogP contribution in [-0.4, -0.2) is 139 Å². The van der Waals surface area contributed by atoms with Gasteiger partial charge in [-0.3, -0.25) is 24.2 Å². The maximum atomic E-state index is 14.6. The third-order valence-corrected chi connectivity index (χ3v) is 12.9. The van der Waals surface area contributed by atoms with Gasteiger partial charge in [-0.1, -0.05) is 97.4 Å². The molecule has 1 fully saturated rings. The van der Waals surface area contributed by atoms with Gasteiger partial charge in [0, 0.05) is 60.1 Å². The van der Waals surface area contributed by atoms with E-state index in [1.807, 2.05) is 108 Å². The Morgan fingerprint density at radius 3 is 2.02 bits per heavy atom. The summed E-state index contributed by atoms with van der Waals surface area (Å²) in [5.41, 5.74) is 2.43. The summed E-state index contributed by atoms with van der Waals surface area (Å²) in [7, 11) is 8.20. The van der Waals surface area contributed by atoms with E-state index in [2.05, 4.69) is 16.0 Å². The molecule has 0 spiro atoms. The summed E-state index contributed by atoms with van der Waals surface area (Å²) in [6.45, 7) is 15.6. The molecule has 11 atom stereocenters. The van der Waals surface area contributed by atoms with Crippen LogP contribution in [0.2, 0.25) is 0 Å². The monoisotopic (exact) mass is 883 g/mol. The van der Waals surface area contributed by atoms with Crippen molar-refractivity contribution in [3.05, 3.63) is 65.7 Å². The number of carbonyl (C=O) groups excluding carboxylic acids is 4. The first kappa shape index (κ1) is 53.1. The molecule has 0 bridgehead atoms. The van der Waals surface area contributed by atoms with Gasteiger partial charge in [0.25, 0.3) is 0 Å². The highest BCUT2D eigenvalue weighted by atomic mass is 16.6. The fourth-order valence-electron chi connectivity index (χ4n) is 8.88. The van der Waals surface area contributed by atoms with Gasteiger partial charge in [-0.15, -0.1) is 0 Å². The van der Waals surface area contributed by atoms with Crippen molar-refractivity contribution in [2.24, 2.45) is 23.7 Å². The third-order valence-electron chi connectivity index (χ3n) is 12.9. The summed E-state index contributed by atoms with van der Waals surface area (Å²) >= 11 is 0. The van der Waals surface area contributed by atoms with E-state index >= 15 is 0 Å². The number of benzene rings is 2. The minimum absolute atomic E-state index is 0.0339. The number of amides is 4. The number of aliphatic hydroxyl groups is 2. The summed E-state index contributed by atoms with van der Waals surface area (Å²) in [4.78, 5) is 60.3. The molecule has 1 saturated heterocycles. The first-order valence-electron chi connectivity index (χ1n) is 22.6. The van der Waals surface area contributed by atoms with Crippen molar-refractivity contribution < 1.29 is 43.6 Å². The Labute approximate surface area is 376 Å². The Kier molecular flexibility index (Phi) is 21.3. The molecular weight excluding hydrogens is 805 g/mol. The number of hydrogen-bond acceptors (Lipinski definition) is 11. The van der Waals surface area contributed by atoms with Crippen molar-refractivity contribution in [1.29, 1.82) is 0 Å². The zero-order valence-corrected chi connectivity index (χ0v) is 40.0. The predicted molar refractivity (Wildman–Crippen MR) is 245 cm³/mol. The van der Waals surface area contributed by atoms with Crippen LogP contribution in [0.5, 0.6) is 0 Å². The van der Waals surface area contributed by atoms with Crippen LogP contribution < -0.4 is 16.0 Å². The van der Waals surface area contributed by atoms with E-state index < -0.39 is 66.6 Å². The van der Waals surface area contributed by atoms with Crippen molar-refractivity contribution in [3.8, 4) is 0 Å². The molecule has 15 nitrogen and oxygen atoms in total. The van der Waals surface area contributed by atoms with Crippen molar-refractivity contribution >= 4 is 29.5 Å². The molecule has 1 aliphatic heterocycles. The second kappa shape index (κ2) is 25.3. The van der Waals surface area contributed by atoms with Gasteiger partial charge in [-0.2, -0.15) is 0 Å². The van der Waals surface area contributed by atoms with Crippen LogP contribution in [0, 0.1) is 23.7 Å². The number of ether oxygens (including phenoxy) is 3. The molecule has 1 heterocycles. The molecular formula is C48H78N6O9. The van der Waals surface area contributed by atoms with E-state index in [1.165, 1.54) is 11.9 Å². The third kappa shape index (κ3) is 14.1. The van der Waals surface area contributed by atoms with Crippen LogP contribution in [0.1, 0.15) is 98.3 Å². The van der Waals surface area contributed by atoms with E-state index in [1.54, 1.807) is 40.0 Å². The molecule has 3 rings (SSSR count). The number of nitrogens with zero attached hydrogens (tertiary/aromatic N) is 3. The molecule has 0 saturated carbocycles. The maximum absolute atomic E-state index is 14.6. The number of carbonyl (C=O) groups is 4. The number of hydrogen-bond donors (Lipinski definition) is 5. The quantitative estimate of drug-likeness (QED) is 0.0910. The lowest BCUT2D eigenvalue weighted by Gasteiger charge is -2.42. The Balaban J connectivity index is 1.75. The Bertz CT molecular complexity index is 1720. The van der Waals surface area contributed by atoms with Crippen LogP contribution in [0.4, 0.5) is 10.5 Å². The standard InChI is InChI=1S/C48H78N6O9/c1-14-31(6)42(52(10)47(59)40(29(2)3)51-46(58)41(30(4)5)53(11)48(60)63-28-34-22-24-36(49-9)25-23-34)38(61-12)27-39(55)54-26-18-21-37(54)44(62-13)32(7)45(57)50-33(8)43(56)35-19-16-15-17-20-35/h15-17,19-20,22-25,29-33,37-44,49,55-56H,14,18,21,26-28H2,1-13H3,(H,50,57)(H,51,58)/t31-,32?,33+,37?,38+,39?,40-,41-,42-,43+,44+/m0/s1. The number of nitrogens with one attached hydrogen (secondary N) is 3. The SMILES string of the molecule is CC[C@H](C)[C@@H]([C@@H](CC(O)N1CCCC1[C@H](OC)C(C)C(=O)N[C@H](C)[C@@H](O)c1ccccc1)OC)N(C)C(=O)[C@@H](NC(=O)[C@H](C(C)C)N(C)C(=O)OCc1ccc(NC)cc1)C(C)C. The first-order chi connectivity index (χ1) is 29.8. The summed E-state index contributed by atoms with van der Waals surface area (Å²) in [6, 6.07) is 13.5. The van der Waals surface area contributed by atoms with E-state index in [4.69, 9.17) is 14.2 Å². The van der Waals surface area contributed by atoms with E-state index in [9.17, 15) is 29.4 Å². The number of rotatable bonds is 24. The average Bonchev–Trinajstić information content (AvgIpc) is 3.76. The minimum atomic E-state index is -0.986. The van der Waals surface area contributed by atoms with Crippen LogP contribution in [0.3, 0.4) is 0 Å². The van der Waals surface area contributed by atoms with Gasteiger partial charge in [-0.25, -0.2) is 4.79 Å². The molecule has 0 aliphatic carbocycles. The predicted octanol–water partition coefficient (Wildman–Crippen LogP) is 5.41. The van der Waals surface area contributed by atoms with Gasteiger partial charge in [0.1, 0.15) is 24.9 Å². The fourth-order valence-corrected chi connectivity index (χ4v) is 8.88. The Hall–Kier alpha value is -4.28. The topological polar surface area (TPSA) is 182 Å². The van der Waals surface area contributed by atoms with Crippen LogP contribution in [0.15, 0.2) is 54.6 Å². The number of likely N-dealkylation sites (tertiary alicyclic amines) is 1. The fraction of sp³-hybridized carbons (Fsp3) is 0.667. The summed E-state index contributed by atoms with van der Waals surface area (Å²) in [6.07, 6.45) is -1.33. The van der Waals surface area contributed by atoms with E-state index in [0.717, 1.165) is 17.7 Å². The van der Waals surface area contributed by atoms with Gasteiger partial charge in [0.2, 0.25) is 17.7 Å². The van der Waals surface area contributed by atoms with Crippen molar-refractivity contribution in [1.82, 2.24) is 25.3 Å². The van der Waals surface area contributed by atoms with Gasteiger partial charge in [-0.05, 0) is 60.8 Å². The lowest BCUT2D eigenvalue weighted by Crippen LogP contribution is -2.60. The molecule has 0 aromatic heterocycles. The molecule has 15 heteroatoms. The van der Waals surface area contributed by atoms with Gasteiger partial charge in [0.05, 0.1) is 36.3 Å². The minimum Gasteiger partial charge on any atom is -0.445 e. The molecule has 4 amide bonds.